The van der Waals surface area contributed by atoms with Gasteiger partial charge in [-0.05, 0) is 51.6 Å². The Morgan fingerprint density at radius 3 is 2.19 bits per heavy atom. The lowest BCUT2D eigenvalue weighted by Crippen LogP contribution is -2.11. The smallest absolute Gasteiger partial charge is 0.297 e. The number of rotatable bonds is 5. The van der Waals surface area contributed by atoms with Gasteiger partial charge in [0, 0.05) is 11.1 Å². The summed E-state index contributed by atoms with van der Waals surface area (Å²) in [6.45, 7) is 8.27. The molecule has 0 saturated carbocycles. The average molecular weight is 449 g/mol. The van der Waals surface area contributed by atoms with Crippen molar-refractivity contribution in [2.45, 2.75) is 38.0 Å². The highest BCUT2D eigenvalue weighted by molar-refractivity contribution is 7.87. The number of methoxy groups -OCH3 is 1. The van der Waals surface area contributed by atoms with Crippen LogP contribution in [0.2, 0.25) is 0 Å². The van der Waals surface area contributed by atoms with Gasteiger partial charge in [-0.3, -0.25) is 4.18 Å². The molecule has 4 rings (SSSR count). The molecule has 0 heterocycles. The molecular weight excluding hydrogens is 420 g/mol. The second kappa shape index (κ2) is 8.23. The molecule has 0 aliphatic rings. The van der Waals surface area contributed by atoms with Gasteiger partial charge in [0.1, 0.15) is 10.6 Å². The van der Waals surface area contributed by atoms with E-state index in [1.54, 1.807) is 20.1 Å². The van der Waals surface area contributed by atoms with Gasteiger partial charge in [0.15, 0.2) is 0 Å². The molecule has 0 N–H and O–H groups in total. The van der Waals surface area contributed by atoms with Crippen molar-refractivity contribution < 1.29 is 17.3 Å². The SMILES string of the molecule is CCOS(=O)(=O)c1ccc2ccccc2c1-c1c(OC)ccc2cc(C(C)(C)C)ccc12. The van der Waals surface area contributed by atoms with Gasteiger partial charge in [-0.15, -0.1) is 0 Å². The molecule has 0 amide bonds. The number of hydrogen-bond acceptors (Lipinski definition) is 4. The van der Waals surface area contributed by atoms with Crippen LogP contribution in [-0.4, -0.2) is 22.1 Å². The van der Waals surface area contributed by atoms with Crippen LogP contribution in [-0.2, 0) is 19.7 Å². The van der Waals surface area contributed by atoms with Gasteiger partial charge in [0.2, 0.25) is 0 Å². The van der Waals surface area contributed by atoms with E-state index in [4.69, 9.17) is 8.92 Å². The minimum absolute atomic E-state index is 0.00279. The van der Waals surface area contributed by atoms with E-state index in [1.165, 1.54) is 5.56 Å². The molecule has 166 valence electrons. The molecule has 0 radical (unpaired) electrons. The van der Waals surface area contributed by atoms with Crippen molar-refractivity contribution in [1.82, 2.24) is 0 Å². The van der Waals surface area contributed by atoms with Gasteiger partial charge in [0.05, 0.1) is 13.7 Å². The van der Waals surface area contributed by atoms with Crippen LogP contribution in [0.1, 0.15) is 33.3 Å². The predicted molar refractivity (Wildman–Crippen MR) is 131 cm³/mol. The lowest BCUT2D eigenvalue weighted by atomic mass is 9.84. The number of benzene rings is 4. The molecule has 0 aromatic heterocycles. The Bertz CT molecular complexity index is 1410. The van der Waals surface area contributed by atoms with Gasteiger partial charge < -0.3 is 4.74 Å². The summed E-state index contributed by atoms with van der Waals surface area (Å²) in [7, 11) is -2.35. The van der Waals surface area contributed by atoms with E-state index in [1.807, 2.05) is 42.5 Å². The van der Waals surface area contributed by atoms with E-state index in [-0.39, 0.29) is 16.9 Å². The van der Waals surface area contributed by atoms with E-state index in [9.17, 15) is 8.42 Å². The third-order valence-electron chi connectivity index (χ3n) is 5.75. The summed E-state index contributed by atoms with van der Waals surface area (Å²) in [5.41, 5.74) is 2.56. The summed E-state index contributed by atoms with van der Waals surface area (Å²) in [6, 6.07) is 21.5. The minimum atomic E-state index is -3.96. The van der Waals surface area contributed by atoms with Gasteiger partial charge in [-0.25, -0.2) is 0 Å². The summed E-state index contributed by atoms with van der Waals surface area (Å²) >= 11 is 0. The molecule has 4 aromatic carbocycles. The number of fused-ring (bicyclic) bond motifs is 2. The highest BCUT2D eigenvalue weighted by Crippen LogP contribution is 2.44. The molecule has 0 atom stereocenters. The number of hydrogen-bond donors (Lipinski definition) is 0. The fourth-order valence-corrected chi connectivity index (χ4v) is 5.27. The standard InChI is InChI=1S/C27H28O4S/c1-6-31-32(28,29)24-16-12-18-9-7-8-10-21(18)26(24)25-22-14-13-20(27(2,3)4)17-19(22)11-15-23(25)30-5/h7-17H,6H2,1-5H3. The van der Waals surface area contributed by atoms with Crippen LogP contribution in [0.4, 0.5) is 0 Å². The second-order valence-electron chi connectivity index (χ2n) is 8.85. The lowest BCUT2D eigenvalue weighted by Gasteiger charge is -2.22. The van der Waals surface area contributed by atoms with Crippen LogP contribution >= 0.6 is 0 Å². The minimum Gasteiger partial charge on any atom is -0.496 e. The molecule has 0 saturated heterocycles. The first-order valence-electron chi connectivity index (χ1n) is 10.7. The summed E-state index contributed by atoms with van der Waals surface area (Å²) in [4.78, 5) is 0.142. The van der Waals surface area contributed by atoms with Crippen LogP contribution in [0.3, 0.4) is 0 Å². The third-order valence-corrected chi connectivity index (χ3v) is 7.18. The maximum atomic E-state index is 13.1. The lowest BCUT2D eigenvalue weighted by molar-refractivity contribution is 0.338. The molecule has 0 aliphatic carbocycles. The quantitative estimate of drug-likeness (QED) is 0.319. The van der Waals surface area contributed by atoms with Crippen LogP contribution in [0.5, 0.6) is 5.75 Å². The molecule has 4 aromatic rings. The van der Waals surface area contributed by atoms with Crippen molar-refractivity contribution >= 4 is 31.7 Å². The Kier molecular flexibility index (Phi) is 5.74. The van der Waals surface area contributed by atoms with E-state index < -0.39 is 10.1 Å². The first-order chi connectivity index (χ1) is 15.2. The Hall–Kier alpha value is -2.89. The summed E-state index contributed by atoms with van der Waals surface area (Å²) in [5.74, 6) is 0.616. The predicted octanol–water partition coefficient (Wildman–Crippen LogP) is 6.69. The molecule has 4 nitrogen and oxygen atoms in total. The second-order valence-corrected chi connectivity index (χ2v) is 10.4. The van der Waals surface area contributed by atoms with Gasteiger partial charge in [-0.2, -0.15) is 8.42 Å². The fourth-order valence-electron chi connectivity index (χ4n) is 4.14. The zero-order valence-electron chi connectivity index (χ0n) is 19.1. The van der Waals surface area contributed by atoms with Crippen LogP contribution < -0.4 is 4.74 Å². The Balaban J connectivity index is 2.17. The molecule has 0 aliphatic heterocycles. The Morgan fingerprint density at radius 2 is 1.50 bits per heavy atom. The topological polar surface area (TPSA) is 52.6 Å². The highest BCUT2D eigenvalue weighted by atomic mass is 32.2. The van der Waals surface area contributed by atoms with Crippen molar-refractivity contribution in [2.24, 2.45) is 0 Å². The van der Waals surface area contributed by atoms with E-state index in [2.05, 4.69) is 39.0 Å². The third kappa shape index (κ3) is 3.87. The maximum Gasteiger partial charge on any atom is 0.297 e. The van der Waals surface area contributed by atoms with E-state index in [0.29, 0.717) is 11.3 Å². The summed E-state index contributed by atoms with van der Waals surface area (Å²) in [5, 5.41) is 3.74. The average Bonchev–Trinajstić information content (AvgIpc) is 2.76. The van der Waals surface area contributed by atoms with Gasteiger partial charge >= 0.3 is 0 Å². The normalized spacial score (nSPS) is 12.4. The maximum absolute atomic E-state index is 13.1. The molecular formula is C27H28O4S. The molecule has 32 heavy (non-hydrogen) atoms. The summed E-state index contributed by atoms with van der Waals surface area (Å²) in [6.07, 6.45) is 0. The van der Waals surface area contributed by atoms with Crippen molar-refractivity contribution in [2.75, 3.05) is 13.7 Å². The van der Waals surface area contributed by atoms with Crippen LogP contribution in [0.25, 0.3) is 32.7 Å². The van der Waals surface area contributed by atoms with E-state index in [0.717, 1.165) is 27.1 Å². The Morgan fingerprint density at radius 1 is 0.812 bits per heavy atom. The monoisotopic (exact) mass is 448 g/mol. The van der Waals surface area contributed by atoms with Crippen LogP contribution in [0.15, 0.2) is 71.6 Å². The fraction of sp³-hybridized carbons (Fsp3) is 0.259. The molecule has 0 fully saturated rings. The molecule has 0 bridgehead atoms. The van der Waals surface area contributed by atoms with Crippen molar-refractivity contribution in [3.63, 3.8) is 0 Å². The zero-order chi connectivity index (χ0) is 23.1. The van der Waals surface area contributed by atoms with E-state index >= 15 is 0 Å². The summed E-state index contributed by atoms with van der Waals surface area (Å²) < 4.78 is 37.2. The number of ether oxygens (including phenoxy) is 1. The van der Waals surface area contributed by atoms with Crippen molar-refractivity contribution in [3.8, 4) is 16.9 Å². The first-order valence-corrected chi connectivity index (χ1v) is 12.1. The zero-order valence-corrected chi connectivity index (χ0v) is 19.9. The highest BCUT2D eigenvalue weighted by Gasteiger charge is 2.26. The molecule has 5 heteroatoms. The molecule has 0 unspecified atom stereocenters. The van der Waals surface area contributed by atoms with Gasteiger partial charge in [0.25, 0.3) is 10.1 Å². The molecule has 0 spiro atoms. The Labute approximate surface area is 189 Å². The first kappa shape index (κ1) is 22.3. The van der Waals surface area contributed by atoms with Crippen molar-refractivity contribution in [1.29, 1.82) is 0 Å². The van der Waals surface area contributed by atoms with Gasteiger partial charge in [-0.1, -0.05) is 75.4 Å². The van der Waals surface area contributed by atoms with Crippen LogP contribution in [0, 0.1) is 0 Å². The van der Waals surface area contributed by atoms with Crippen molar-refractivity contribution in [3.05, 3.63) is 72.3 Å². The largest absolute Gasteiger partial charge is 0.496 e.